The normalized spacial score (nSPS) is 12.5. The highest BCUT2D eigenvalue weighted by atomic mass is 79.9. The molecule has 0 fully saturated rings. The number of aliphatic carboxylic acids is 1. The molecule has 6 heteroatoms. The molecule has 1 unspecified atom stereocenters. The first-order valence-corrected chi connectivity index (χ1v) is 6.45. The van der Waals surface area contributed by atoms with Crippen molar-refractivity contribution in [3.8, 4) is 0 Å². The molecule has 1 rings (SSSR count). The van der Waals surface area contributed by atoms with Crippen LogP contribution in [0.2, 0.25) is 0 Å². The number of aryl methyl sites for hydroxylation is 1. The highest BCUT2D eigenvalue weighted by molar-refractivity contribution is 9.10. The van der Waals surface area contributed by atoms with Gasteiger partial charge in [0.2, 0.25) is 0 Å². The molecule has 100 valence electrons. The van der Waals surface area contributed by atoms with Crippen molar-refractivity contribution in [1.29, 1.82) is 0 Å². The molecule has 0 spiro atoms. The van der Waals surface area contributed by atoms with Crippen LogP contribution in [0.1, 0.15) is 24.3 Å². The first-order chi connectivity index (χ1) is 8.32. The molecule has 0 aromatic carbocycles. The second kappa shape index (κ2) is 6.04. The van der Waals surface area contributed by atoms with Gasteiger partial charge in [-0.15, -0.1) is 0 Å². The third-order valence-corrected chi connectivity index (χ3v) is 3.24. The van der Waals surface area contributed by atoms with Gasteiger partial charge in [-0.2, -0.15) is 0 Å². The molecule has 1 aromatic heterocycles. The van der Waals surface area contributed by atoms with E-state index < -0.39 is 11.9 Å². The summed E-state index contributed by atoms with van der Waals surface area (Å²) in [5.41, 5.74) is 0.495. The van der Waals surface area contributed by atoms with Gasteiger partial charge in [-0.25, -0.2) is 0 Å². The molecular weight excluding hydrogens is 300 g/mol. The summed E-state index contributed by atoms with van der Waals surface area (Å²) in [7, 11) is 1.76. The fourth-order valence-corrected chi connectivity index (χ4v) is 2.18. The number of amides is 1. The molecule has 2 N–H and O–H groups in total. The second-order valence-corrected chi connectivity index (χ2v) is 5.47. The Morgan fingerprint density at radius 2 is 2.11 bits per heavy atom. The number of carboxylic acids is 1. The summed E-state index contributed by atoms with van der Waals surface area (Å²) in [6, 6.07) is 1.69. The summed E-state index contributed by atoms with van der Waals surface area (Å²) >= 11 is 3.28. The van der Waals surface area contributed by atoms with Crippen molar-refractivity contribution < 1.29 is 14.7 Å². The Morgan fingerprint density at radius 3 is 2.50 bits per heavy atom. The number of rotatable bonds is 5. The minimum atomic E-state index is -0.890. The molecule has 1 atom stereocenters. The number of halogens is 1. The van der Waals surface area contributed by atoms with Gasteiger partial charge in [0.05, 0.1) is 5.92 Å². The third-order valence-electron chi connectivity index (χ3n) is 2.81. The lowest BCUT2D eigenvalue weighted by molar-refractivity contribution is -0.142. The fraction of sp³-hybridized carbons (Fsp3) is 0.500. The number of nitrogens with zero attached hydrogens (tertiary/aromatic N) is 1. The molecule has 0 radical (unpaired) electrons. The SMILES string of the molecule is CC(C)C(CNC(=O)c1cc(Br)cn1C)C(=O)O. The number of carbonyl (C=O) groups is 2. The predicted molar refractivity (Wildman–Crippen MR) is 71.4 cm³/mol. The second-order valence-electron chi connectivity index (χ2n) is 4.55. The minimum absolute atomic E-state index is 0.0250. The Morgan fingerprint density at radius 1 is 1.50 bits per heavy atom. The van der Waals surface area contributed by atoms with Crippen molar-refractivity contribution in [3.63, 3.8) is 0 Å². The fourth-order valence-electron chi connectivity index (χ4n) is 1.65. The number of aromatic nitrogens is 1. The smallest absolute Gasteiger partial charge is 0.308 e. The molecule has 0 aliphatic rings. The summed E-state index contributed by atoms with van der Waals surface area (Å²) in [5, 5.41) is 11.7. The maximum atomic E-state index is 11.9. The van der Waals surface area contributed by atoms with E-state index in [1.165, 1.54) is 0 Å². The molecule has 0 bridgehead atoms. The molecule has 5 nitrogen and oxygen atoms in total. The number of nitrogens with one attached hydrogen (secondary N) is 1. The molecule has 1 heterocycles. The monoisotopic (exact) mass is 316 g/mol. The van der Waals surface area contributed by atoms with Crippen LogP contribution in [0, 0.1) is 11.8 Å². The van der Waals surface area contributed by atoms with E-state index in [4.69, 9.17) is 5.11 Å². The van der Waals surface area contributed by atoms with Crippen molar-refractivity contribution in [2.24, 2.45) is 18.9 Å². The first-order valence-electron chi connectivity index (χ1n) is 5.65. The Kier molecular flexibility index (Phi) is 4.95. The van der Waals surface area contributed by atoms with Crippen molar-refractivity contribution in [2.75, 3.05) is 6.54 Å². The topological polar surface area (TPSA) is 71.3 Å². The summed E-state index contributed by atoms with van der Waals surface area (Å²) < 4.78 is 2.50. The molecule has 18 heavy (non-hydrogen) atoms. The van der Waals surface area contributed by atoms with Gasteiger partial charge >= 0.3 is 5.97 Å². The minimum Gasteiger partial charge on any atom is -0.481 e. The summed E-state index contributed by atoms with van der Waals surface area (Å²) in [4.78, 5) is 22.9. The van der Waals surface area contributed by atoms with Gasteiger partial charge in [0.15, 0.2) is 0 Å². The van der Waals surface area contributed by atoms with Gasteiger partial charge in [-0.1, -0.05) is 13.8 Å². The Hall–Kier alpha value is -1.30. The van der Waals surface area contributed by atoms with Crippen LogP contribution in [0.3, 0.4) is 0 Å². The largest absolute Gasteiger partial charge is 0.481 e. The van der Waals surface area contributed by atoms with E-state index in [0.29, 0.717) is 5.69 Å². The van der Waals surface area contributed by atoms with E-state index in [1.54, 1.807) is 23.9 Å². The van der Waals surface area contributed by atoms with E-state index in [1.807, 2.05) is 13.8 Å². The number of hydrogen-bond acceptors (Lipinski definition) is 2. The average molecular weight is 317 g/mol. The molecule has 1 amide bonds. The molecular formula is C12H17BrN2O3. The van der Waals surface area contributed by atoms with E-state index in [-0.39, 0.29) is 18.4 Å². The Balaban J connectivity index is 2.66. The lowest BCUT2D eigenvalue weighted by atomic mass is 9.96. The van der Waals surface area contributed by atoms with Crippen LogP contribution >= 0.6 is 15.9 Å². The Bertz CT molecular complexity index is 454. The molecule has 1 aromatic rings. The summed E-state index contributed by atoms with van der Waals surface area (Å²) in [5.74, 6) is -1.76. The van der Waals surface area contributed by atoms with Crippen LogP contribution in [0.5, 0.6) is 0 Å². The molecule has 0 saturated heterocycles. The van der Waals surface area contributed by atoms with Crippen molar-refractivity contribution >= 4 is 27.8 Å². The quantitative estimate of drug-likeness (QED) is 0.871. The highest BCUT2D eigenvalue weighted by Gasteiger charge is 2.22. The first kappa shape index (κ1) is 14.8. The van der Waals surface area contributed by atoms with Crippen LogP contribution in [0.15, 0.2) is 16.7 Å². The van der Waals surface area contributed by atoms with Crippen molar-refractivity contribution in [1.82, 2.24) is 9.88 Å². The van der Waals surface area contributed by atoms with Crippen molar-refractivity contribution in [3.05, 3.63) is 22.4 Å². The van der Waals surface area contributed by atoms with E-state index >= 15 is 0 Å². The van der Waals surface area contributed by atoms with Crippen LogP contribution in [-0.2, 0) is 11.8 Å². The average Bonchev–Trinajstić information content (AvgIpc) is 2.56. The van der Waals surface area contributed by atoms with Gasteiger partial charge in [-0.05, 0) is 27.9 Å². The van der Waals surface area contributed by atoms with Crippen molar-refractivity contribution in [2.45, 2.75) is 13.8 Å². The van der Waals surface area contributed by atoms with E-state index in [9.17, 15) is 9.59 Å². The lowest BCUT2D eigenvalue weighted by Gasteiger charge is -2.16. The Labute approximate surface area is 114 Å². The zero-order valence-corrected chi connectivity index (χ0v) is 12.2. The number of carboxylic acid groups (broad SMARTS) is 1. The van der Waals surface area contributed by atoms with Gasteiger partial charge in [0.1, 0.15) is 5.69 Å². The lowest BCUT2D eigenvalue weighted by Crippen LogP contribution is -2.36. The van der Waals surface area contributed by atoms with Crippen LogP contribution in [-0.4, -0.2) is 28.1 Å². The van der Waals surface area contributed by atoms with E-state index in [0.717, 1.165) is 4.47 Å². The number of carbonyl (C=O) groups excluding carboxylic acids is 1. The zero-order chi connectivity index (χ0) is 13.9. The van der Waals surface area contributed by atoms with Gasteiger partial charge in [0, 0.05) is 24.3 Å². The van der Waals surface area contributed by atoms with Crippen LogP contribution in [0.25, 0.3) is 0 Å². The summed E-state index contributed by atoms with van der Waals surface area (Å²) in [6.45, 7) is 3.78. The van der Waals surface area contributed by atoms with E-state index in [2.05, 4.69) is 21.2 Å². The summed E-state index contributed by atoms with van der Waals surface area (Å²) in [6.07, 6.45) is 1.77. The highest BCUT2D eigenvalue weighted by Crippen LogP contribution is 2.14. The third kappa shape index (κ3) is 3.60. The van der Waals surface area contributed by atoms with Crippen LogP contribution in [0.4, 0.5) is 0 Å². The molecule has 0 aliphatic carbocycles. The zero-order valence-electron chi connectivity index (χ0n) is 10.6. The standard InChI is InChI=1S/C12H17BrN2O3/c1-7(2)9(12(17)18)5-14-11(16)10-4-8(13)6-15(10)3/h4,6-7,9H,5H2,1-3H3,(H,14,16)(H,17,18). The van der Waals surface area contributed by atoms with Crippen LogP contribution < -0.4 is 5.32 Å². The predicted octanol–water partition coefficient (Wildman–Crippen LogP) is 1.87. The van der Waals surface area contributed by atoms with Gasteiger partial charge in [-0.3, -0.25) is 9.59 Å². The molecule has 0 saturated carbocycles. The number of hydrogen-bond donors (Lipinski definition) is 2. The molecule has 0 aliphatic heterocycles. The van der Waals surface area contributed by atoms with Gasteiger partial charge < -0.3 is 15.0 Å². The maximum absolute atomic E-state index is 11.9. The van der Waals surface area contributed by atoms with Gasteiger partial charge in [0.25, 0.3) is 5.91 Å². The maximum Gasteiger partial charge on any atom is 0.308 e.